The molecule has 0 heterocycles. The summed E-state index contributed by atoms with van der Waals surface area (Å²) >= 11 is 3.44. The molecule has 2 aromatic rings. The summed E-state index contributed by atoms with van der Waals surface area (Å²) < 4.78 is 6.65. The second-order valence-corrected chi connectivity index (χ2v) is 5.73. The summed E-state index contributed by atoms with van der Waals surface area (Å²) in [5.41, 5.74) is 2.96. The van der Waals surface area contributed by atoms with Gasteiger partial charge in [-0.3, -0.25) is 4.79 Å². The van der Waals surface area contributed by atoms with Crippen LogP contribution < -0.4 is 10.1 Å². The number of para-hydroxylation sites is 1. The third-order valence-electron chi connectivity index (χ3n) is 3.12. The number of benzene rings is 2. The molecule has 2 rings (SSSR count). The lowest BCUT2D eigenvalue weighted by atomic mass is 10.2. The second kappa shape index (κ2) is 7.27. The maximum Gasteiger partial charge on any atom is 0.227 e. The van der Waals surface area contributed by atoms with Crippen LogP contribution in [-0.2, 0) is 4.79 Å². The van der Waals surface area contributed by atoms with Crippen LogP contribution in [0.25, 0.3) is 0 Å². The largest absolute Gasteiger partial charge is 0.493 e. The van der Waals surface area contributed by atoms with Crippen LogP contribution in [0.2, 0.25) is 0 Å². The number of carbonyl (C=O) groups is 1. The van der Waals surface area contributed by atoms with Crippen molar-refractivity contribution in [1.82, 2.24) is 0 Å². The van der Waals surface area contributed by atoms with Crippen LogP contribution in [0.15, 0.2) is 46.9 Å². The molecule has 2 aromatic carbocycles. The molecule has 110 valence electrons. The van der Waals surface area contributed by atoms with Crippen LogP contribution in [0.3, 0.4) is 0 Å². The van der Waals surface area contributed by atoms with Crippen molar-refractivity contribution < 1.29 is 9.53 Å². The zero-order valence-electron chi connectivity index (χ0n) is 12.2. The van der Waals surface area contributed by atoms with E-state index in [0.29, 0.717) is 13.0 Å². The van der Waals surface area contributed by atoms with Gasteiger partial charge >= 0.3 is 0 Å². The van der Waals surface area contributed by atoms with Crippen LogP contribution in [0.4, 0.5) is 5.69 Å². The molecule has 1 amide bonds. The smallest absolute Gasteiger partial charge is 0.227 e. The van der Waals surface area contributed by atoms with E-state index in [1.165, 1.54) is 0 Å². The molecule has 4 heteroatoms. The van der Waals surface area contributed by atoms with Gasteiger partial charge in [-0.1, -0.05) is 34.1 Å². The highest BCUT2D eigenvalue weighted by Crippen LogP contribution is 2.20. The van der Waals surface area contributed by atoms with Crippen LogP contribution in [0.5, 0.6) is 5.75 Å². The molecule has 0 aliphatic carbocycles. The molecule has 0 aromatic heterocycles. The molecular weight excluding hydrogens is 330 g/mol. The molecule has 1 N–H and O–H groups in total. The molecule has 0 bridgehead atoms. The van der Waals surface area contributed by atoms with Gasteiger partial charge in [-0.15, -0.1) is 0 Å². The third kappa shape index (κ3) is 4.60. The molecule has 0 aliphatic rings. The van der Waals surface area contributed by atoms with Gasteiger partial charge in [0.1, 0.15) is 5.75 Å². The Morgan fingerprint density at radius 2 is 1.90 bits per heavy atom. The van der Waals surface area contributed by atoms with E-state index in [1.807, 2.05) is 56.3 Å². The van der Waals surface area contributed by atoms with Crippen molar-refractivity contribution >= 4 is 27.5 Å². The first-order chi connectivity index (χ1) is 10.1. The van der Waals surface area contributed by atoms with Gasteiger partial charge in [0.05, 0.1) is 13.0 Å². The monoisotopic (exact) mass is 347 g/mol. The van der Waals surface area contributed by atoms with Crippen molar-refractivity contribution in [1.29, 1.82) is 0 Å². The van der Waals surface area contributed by atoms with Gasteiger partial charge in [0.15, 0.2) is 0 Å². The molecule has 0 spiro atoms. The number of anilines is 1. The Bertz CT molecular complexity index is 640. The number of carbonyl (C=O) groups excluding carboxylic acids is 1. The van der Waals surface area contributed by atoms with Crippen molar-refractivity contribution in [3.63, 3.8) is 0 Å². The Balaban J connectivity index is 1.82. The molecule has 0 saturated heterocycles. The Morgan fingerprint density at radius 1 is 1.14 bits per heavy atom. The Hall–Kier alpha value is -1.81. The topological polar surface area (TPSA) is 38.3 Å². The highest BCUT2D eigenvalue weighted by molar-refractivity contribution is 9.10. The zero-order valence-corrected chi connectivity index (χ0v) is 13.7. The number of rotatable bonds is 5. The molecule has 0 atom stereocenters. The third-order valence-corrected chi connectivity index (χ3v) is 4.01. The fourth-order valence-corrected chi connectivity index (χ4v) is 2.16. The average Bonchev–Trinajstić information content (AvgIpc) is 2.45. The van der Waals surface area contributed by atoms with Gasteiger partial charge in [-0.2, -0.15) is 0 Å². The Morgan fingerprint density at radius 3 is 2.62 bits per heavy atom. The van der Waals surface area contributed by atoms with Crippen LogP contribution in [-0.4, -0.2) is 12.5 Å². The summed E-state index contributed by atoms with van der Waals surface area (Å²) in [5, 5.41) is 2.87. The number of nitrogens with one attached hydrogen (secondary N) is 1. The first-order valence-electron chi connectivity index (χ1n) is 6.80. The molecule has 0 aliphatic heterocycles. The lowest BCUT2D eigenvalue weighted by Crippen LogP contribution is -2.15. The fourth-order valence-electron chi connectivity index (χ4n) is 1.92. The predicted octanol–water partition coefficient (Wildman–Crippen LogP) is 4.47. The lowest BCUT2D eigenvalue weighted by molar-refractivity contribution is -0.116. The van der Waals surface area contributed by atoms with E-state index in [0.717, 1.165) is 27.0 Å². The van der Waals surface area contributed by atoms with E-state index >= 15 is 0 Å². The summed E-state index contributed by atoms with van der Waals surface area (Å²) in [7, 11) is 0. The minimum absolute atomic E-state index is 0.0506. The van der Waals surface area contributed by atoms with Gasteiger partial charge in [0, 0.05) is 10.2 Å². The molecule has 3 nitrogen and oxygen atoms in total. The molecule has 0 fully saturated rings. The zero-order chi connectivity index (χ0) is 15.2. The minimum atomic E-state index is -0.0506. The quantitative estimate of drug-likeness (QED) is 0.866. The van der Waals surface area contributed by atoms with Crippen LogP contribution in [0.1, 0.15) is 17.5 Å². The number of aryl methyl sites for hydroxylation is 2. The maximum atomic E-state index is 11.9. The van der Waals surface area contributed by atoms with Gasteiger partial charge in [0.2, 0.25) is 5.91 Å². The van der Waals surface area contributed by atoms with E-state index in [1.54, 1.807) is 0 Å². The fraction of sp³-hybridized carbons (Fsp3) is 0.235. The summed E-state index contributed by atoms with van der Waals surface area (Å²) in [6, 6.07) is 13.5. The van der Waals surface area contributed by atoms with Crippen molar-refractivity contribution in [2.45, 2.75) is 20.3 Å². The van der Waals surface area contributed by atoms with Gasteiger partial charge in [-0.25, -0.2) is 0 Å². The summed E-state index contributed by atoms with van der Waals surface area (Å²) in [6.45, 7) is 4.34. The number of halogens is 1. The van der Waals surface area contributed by atoms with E-state index in [2.05, 4.69) is 21.2 Å². The first kappa shape index (κ1) is 15.6. The second-order valence-electron chi connectivity index (χ2n) is 4.88. The molecule has 21 heavy (non-hydrogen) atoms. The minimum Gasteiger partial charge on any atom is -0.493 e. The number of hydrogen-bond acceptors (Lipinski definition) is 2. The number of amides is 1. The van der Waals surface area contributed by atoms with Crippen molar-refractivity contribution in [3.8, 4) is 5.75 Å². The van der Waals surface area contributed by atoms with Crippen molar-refractivity contribution in [3.05, 3.63) is 58.1 Å². The normalized spacial score (nSPS) is 10.2. The first-order valence-corrected chi connectivity index (χ1v) is 7.60. The van der Waals surface area contributed by atoms with E-state index in [9.17, 15) is 4.79 Å². The predicted molar refractivity (Wildman–Crippen MR) is 88.8 cm³/mol. The SMILES string of the molecule is Cc1cc(NC(=O)CCOc2ccccc2C)ccc1Br. The molecule has 0 saturated carbocycles. The van der Waals surface area contributed by atoms with Gasteiger partial charge in [0.25, 0.3) is 0 Å². The molecule has 0 radical (unpaired) electrons. The number of hydrogen-bond donors (Lipinski definition) is 1. The highest BCUT2D eigenvalue weighted by atomic mass is 79.9. The summed E-state index contributed by atoms with van der Waals surface area (Å²) in [5.74, 6) is 0.773. The maximum absolute atomic E-state index is 11.9. The highest BCUT2D eigenvalue weighted by Gasteiger charge is 2.05. The lowest BCUT2D eigenvalue weighted by Gasteiger charge is -2.10. The van der Waals surface area contributed by atoms with E-state index in [4.69, 9.17) is 4.74 Å². The van der Waals surface area contributed by atoms with E-state index < -0.39 is 0 Å². The summed E-state index contributed by atoms with van der Waals surface area (Å²) in [6.07, 6.45) is 0.323. The molecule has 0 unspecified atom stereocenters. The van der Waals surface area contributed by atoms with Crippen molar-refractivity contribution in [2.24, 2.45) is 0 Å². The van der Waals surface area contributed by atoms with Gasteiger partial charge in [-0.05, 0) is 49.2 Å². The molecular formula is C17H18BrNO2. The van der Waals surface area contributed by atoms with Crippen LogP contribution >= 0.6 is 15.9 Å². The average molecular weight is 348 g/mol. The van der Waals surface area contributed by atoms with E-state index in [-0.39, 0.29) is 5.91 Å². The Labute approximate surface area is 133 Å². The van der Waals surface area contributed by atoms with Gasteiger partial charge < -0.3 is 10.1 Å². The summed E-state index contributed by atoms with van der Waals surface area (Å²) in [4.78, 5) is 11.9. The number of ether oxygens (including phenoxy) is 1. The standard InChI is InChI=1S/C17H18BrNO2/c1-12-5-3-4-6-16(12)21-10-9-17(20)19-14-7-8-15(18)13(2)11-14/h3-8,11H,9-10H2,1-2H3,(H,19,20). The Kier molecular flexibility index (Phi) is 5.39. The van der Waals surface area contributed by atoms with Crippen molar-refractivity contribution in [2.75, 3.05) is 11.9 Å². The van der Waals surface area contributed by atoms with Crippen LogP contribution in [0, 0.1) is 13.8 Å².